The quantitative estimate of drug-likeness (QED) is 0.303. The summed E-state index contributed by atoms with van der Waals surface area (Å²) in [6.07, 6.45) is 5.38. The molecule has 1 rings (SSSR count). The van der Waals surface area contributed by atoms with Gasteiger partial charge in [-0.3, -0.25) is 4.99 Å². The number of aliphatic imine (C=N–C) groups is 1. The summed E-state index contributed by atoms with van der Waals surface area (Å²) in [5, 5.41) is 6.79. The predicted molar refractivity (Wildman–Crippen MR) is 115 cm³/mol. The van der Waals surface area contributed by atoms with E-state index in [0.717, 1.165) is 45.2 Å². The molecular formula is C18H39IN4O. The number of nitrogens with zero attached hydrogens (tertiary/aromatic N) is 2. The molecule has 5 nitrogen and oxygen atoms in total. The lowest BCUT2D eigenvalue weighted by atomic mass is 10.0. The molecule has 0 aromatic carbocycles. The van der Waals surface area contributed by atoms with Gasteiger partial charge in [0.1, 0.15) is 0 Å². The number of nitrogens with one attached hydrogen (secondary N) is 2. The molecule has 1 saturated heterocycles. The first-order valence-corrected chi connectivity index (χ1v) is 9.53. The number of piperidine rings is 1. The highest BCUT2D eigenvalue weighted by molar-refractivity contribution is 14.0. The molecule has 0 amide bonds. The van der Waals surface area contributed by atoms with E-state index in [9.17, 15) is 0 Å². The number of hydrogen-bond acceptors (Lipinski definition) is 3. The Morgan fingerprint density at radius 1 is 1.12 bits per heavy atom. The van der Waals surface area contributed by atoms with Crippen molar-refractivity contribution in [2.75, 3.05) is 45.9 Å². The minimum atomic E-state index is 0. The number of rotatable bonds is 10. The van der Waals surface area contributed by atoms with Gasteiger partial charge in [0, 0.05) is 32.8 Å². The summed E-state index contributed by atoms with van der Waals surface area (Å²) >= 11 is 0. The molecule has 1 heterocycles. The zero-order chi connectivity index (χ0) is 16.9. The SMILES string of the molecule is CCNC(=NCCC(OCC)C(C)C)NCCN1CCCCC1.I. The molecule has 1 atom stereocenters. The van der Waals surface area contributed by atoms with E-state index in [-0.39, 0.29) is 24.0 Å². The molecular weight excluding hydrogens is 415 g/mol. The van der Waals surface area contributed by atoms with Crippen LogP contribution in [0, 0.1) is 5.92 Å². The number of halogens is 1. The van der Waals surface area contributed by atoms with Crippen LogP contribution in [0.2, 0.25) is 0 Å². The Balaban J connectivity index is 0.00000529. The lowest BCUT2D eigenvalue weighted by molar-refractivity contribution is 0.0266. The zero-order valence-corrected chi connectivity index (χ0v) is 18.5. The van der Waals surface area contributed by atoms with Gasteiger partial charge in [0.25, 0.3) is 0 Å². The molecule has 2 N–H and O–H groups in total. The average molecular weight is 454 g/mol. The monoisotopic (exact) mass is 454 g/mol. The van der Waals surface area contributed by atoms with Crippen molar-refractivity contribution >= 4 is 29.9 Å². The topological polar surface area (TPSA) is 48.9 Å². The maximum atomic E-state index is 5.79. The van der Waals surface area contributed by atoms with E-state index in [0.29, 0.717) is 12.0 Å². The highest BCUT2D eigenvalue weighted by Crippen LogP contribution is 2.10. The van der Waals surface area contributed by atoms with E-state index in [1.54, 1.807) is 0 Å². The van der Waals surface area contributed by atoms with Gasteiger partial charge in [0.05, 0.1) is 6.10 Å². The molecule has 1 fully saturated rings. The molecule has 1 aliphatic heterocycles. The molecule has 0 aromatic rings. The second-order valence-corrected chi connectivity index (χ2v) is 6.62. The second-order valence-electron chi connectivity index (χ2n) is 6.62. The lowest BCUT2D eigenvalue weighted by Crippen LogP contribution is -2.42. The van der Waals surface area contributed by atoms with Gasteiger partial charge in [-0.2, -0.15) is 0 Å². The summed E-state index contributed by atoms with van der Waals surface area (Å²) in [6.45, 7) is 15.7. The molecule has 144 valence electrons. The van der Waals surface area contributed by atoms with Crippen molar-refractivity contribution in [1.82, 2.24) is 15.5 Å². The summed E-state index contributed by atoms with van der Waals surface area (Å²) in [7, 11) is 0. The lowest BCUT2D eigenvalue weighted by Gasteiger charge is -2.26. The van der Waals surface area contributed by atoms with E-state index >= 15 is 0 Å². The van der Waals surface area contributed by atoms with Gasteiger partial charge in [-0.25, -0.2) is 0 Å². The molecule has 6 heteroatoms. The van der Waals surface area contributed by atoms with Crippen LogP contribution < -0.4 is 10.6 Å². The number of guanidine groups is 1. The van der Waals surface area contributed by atoms with Crippen LogP contribution in [0.4, 0.5) is 0 Å². The van der Waals surface area contributed by atoms with Crippen LogP contribution in [0.5, 0.6) is 0 Å². The third-order valence-corrected chi connectivity index (χ3v) is 4.32. The van der Waals surface area contributed by atoms with Crippen molar-refractivity contribution in [3.63, 3.8) is 0 Å². The number of hydrogen-bond donors (Lipinski definition) is 2. The maximum Gasteiger partial charge on any atom is 0.191 e. The second kappa shape index (κ2) is 15.2. The molecule has 0 bridgehead atoms. The van der Waals surface area contributed by atoms with Crippen molar-refractivity contribution in [2.45, 2.75) is 59.5 Å². The fourth-order valence-corrected chi connectivity index (χ4v) is 2.98. The maximum absolute atomic E-state index is 5.79. The minimum absolute atomic E-state index is 0. The van der Waals surface area contributed by atoms with Gasteiger partial charge in [-0.1, -0.05) is 20.3 Å². The van der Waals surface area contributed by atoms with Crippen molar-refractivity contribution in [2.24, 2.45) is 10.9 Å². The number of ether oxygens (including phenoxy) is 1. The average Bonchev–Trinajstić information content (AvgIpc) is 2.55. The highest BCUT2D eigenvalue weighted by Gasteiger charge is 2.13. The standard InChI is InChI=1S/C18H38N4O.HI/c1-5-19-18(20-11-10-17(16(3)4)23-6-2)21-12-15-22-13-8-7-9-14-22;/h16-17H,5-15H2,1-4H3,(H2,19,20,21);1H. The van der Waals surface area contributed by atoms with E-state index in [4.69, 9.17) is 9.73 Å². The van der Waals surface area contributed by atoms with Gasteiger partial charge >= 0.3 is 0 Å². The summed E-state index contributed by atoms with van der Waals surface area (Å²) in [6, 6.07) is 0. The fraction of sp³-hybridized carbons (Fsp3) is 0.944. The van der Waals surface area contributed by atoms with Gasteiger partial charge in [-0.15, -0.1) is 24.0 Å². The molecule has 0 spiro atoms. The van der Waals surface area contributed by atoms with Gasteiger partial charge < -0.3 is 20.3 Å². The van der Waals surface area contributed by atoms with Gasteiger partial charge in [0.15, 0.2) is 5.96 Å². The summed E-state index contributed by atoms with van der Waals surface area (Å²) < 4.78 is 5.79. The predicted octanol–water partition coefficient (Wildman–Crippen LogP) is 3.10. The molecule has 24 heavy (non-hydrogen) atoms. The largest absolute Gasteiger partial charge is 0.378 e. The van der Waals surface area contributed by atoms with Crippen molar-refractivity contribution in [1.29, 1.82) is 0 Å². The van der Waals surface area contributed by atoms with Gasteiger partial charge in [-0.05, 0) is 52.1 Å². The molecule has 0 aromatic heterocycles. The Bertz CT molecular complexity index is 320. The van der Waals surface area contributed by atoms with Gasteiger partial charge in [0.2, 0.25) is 0 Å². The fourth-order valence-electron chi connectivity index (χ4n) is 2.98. The first kappa shape index (κ1) is 23.9. The van der Waals surface area contributed by atoms with Crippen LogP contribution in [0.1, 0.15) is 53.4 Å². The van der Waals surface area contributed by atoms with Crippen LogP contribution in [0.15, 0.2) is 4.99 Å². The molecule has 1 aliphatic rings. The third-order valence-electron chi connectivity index (χ3n) is 4.32. The first-order chi connectivity index (χ1) is 11.2. The van der Waals surface area contributed by atoms with E-state index in [1.807, 2.05) is 0 Å². The van der Waals surface area contributed by atoms with Crippen LogP contribution >= 0.6 is 24.0 Å². The van der Waals surface area contributed by atoms with Crippen molar-refractivity contribution in [3.05, 3.63) is 0 Å². The third kappa shape index (κ3) is 10.7. The minimum Gasteiger partial charge on any atom is -0.378 e. The van der Waals surface area contributed by atoms with Crippen molar-refractivity contribution < 1.29 is 4.74 Å². The zero-order valence-electron chi connectivity index (χ0n) is 16.1. The molecule has 0 radical (unpaired) electrons. The Morgan fingerprint density at radius 2 is 1.83 bits per heavy atom. The van der Waals surface area contributed by atoms with Crippen molar-refractivity contribution in [3.8, 4) is 0 Å². The first-order valence-electron chi connectivity index (χ1n) is 9.53. The van der Waals surface area contributed by atoms with Crippen LogP contribution in [0.25, 0.3) is 0 Å². The molecule has 0 aliphatic carbocycles. The normalized spacial score (nSPS) is 17.5. The summed E-state index contributed by atoms with van der Waals surface area (Å²) in [5.74, 6) is 1.48. The van der Waals surface area contributed by atoms with Crippen LogP contribution in [-0.4, -0.2) is 62.8 Å². The van der Waals surface area contributed by atoms with Crippen LogP contribution in [0.3, 0.4) is 0 Å². The molecule has 0 saturated carbocycles. The van der Waals surface area contributed by atoms with Crippen LogP contribution in [-0.2, 0) is 4.74 Å². The highest BCUT2D eigenvalue weighted by atomic mass is 127. The molecule has 1 unspecified atom stereocenters. The summed E-state index contributed by atoms with van der Waals surface area (Å²) in [4.78, 5) is 7.24. The van der Waals surface area contributed by atoms with E-state index in [2.05, 4.69) is 43.2 Å². The Hall–Kier alpha value is -0.0800. The van der Waals surface area contributed by atoms with E-state index in [1.165, 1.54) is 32.4 Å². The smallest absolute Gasteiger partial charge is 0.191 e. The van der Waals surface area contributed by atoms with E-state index < -0.39 is 0 Å². The summed E-state index contributed by atoms with van der Waals surface area (Å²) in [5.41, 5.74) is 0. The Kier molecular flexibility index (Phi) is 15.1. The Labute approximate surface area is 166 Å². The Morgan fingerprint density at radius 3 is 2.42 bits per heavy atom. The number of likely N-dealkylation sites (tertiary alicyclic amines) is 1.